The molecule has 0 aliphatic rings. The van der Waals surface area contributed by atoms with Crippen molar-refractivity contribution in [3.05, 3.63) is 0 Å². The van der Waals surface area contributed by atoms with E-state index in [1.165, 1.54) is 45.1 Å². The van der Waals surface area contributed by atoms with Gasteiger partial charge in [0.1, 0.15) is 0 Å². The van der Waals surface area contributed by atoms with Gasteiger partial charge in [0, 0.05) is 11.9 Å². The molecular weight excluding hydrogens is 194 g/mol. The van der Waals surface area contributed by atoms with Gasteiger partial charge in [0.25, 0.3) is 0 Å². The van der Waals surface area contributed by atoms with Gasteiger partial charge in [-0.25, -0.2) is 0 Å². The minimum Gasteiger partial charge on any atom is -0.314 e. The number of unbranched alkanes of at least 4 members (excludes halogenated alkanes) is 4. The molecule has 86 valence electrons. The number of nitrogens with one attached hydrogen (secondary N) is 1. The van der Waals surface area contributed by atoms with Crippen LogP contribution < -0.4 is 5.32 Å². The summed E-state index contributed by atoms with van der Waals surface area (Å²) < 4.78 is 0. The lowest BCUT2D eigenvalue weighted by Crippen LogP contribution is -2.26. The van der Waals surface area contributed by atoms with Gasteiger partial charge in [0.15, 0.2) is 0 Å². The smallest absolute Gasteiger partial charge is 0.0224 e. The maximum absolute atomic E-state index is 5.64. The number of rotatable bonds is 10. The summed E-state index contributed by atoms with van der Waals surface area (Å²) in [6.07, 6.45) is 9.16. The molecule has 0 saturated heterocycles. The molecule has 0 aromatic rings. The Hall–Kier alpha value is 0.250. The second kappa shape index (κ2) is 11.3. The Morgan fingerprint density at radius 2 is 1.79 bits per heavy atom. The Labute approximate surface area is 94.6 Å². The van der Waals surface area contributed by atoms with Crippen molar-refractivity contribution in [2.24, 2.45) is 0 Å². The third-order valence-electron chi connectivity index (χ3n) is 2.54. The van der Waals surface area contributed by atoms with Crippen LogP contribution in [0.3, 0.4) is 0 Å². The number of alkyl halides is 1. The first kappa shape index (κ1) is 14.2. The molecule has 1 nitrogen and oxygen atoms in total. The molecule has 14 heavy (non-hydrogen) atoms. The van der Waals surface area contributed by atoms with E-state index in [-0.39, 0.29) is 0 Å². The molecule has 0 saturated carbocycles. The van der Waals surface area contributed by atoms with E-state index in [2.05, 4.69) is 19.2 Å². The first-order valence-corrected chi connectivity index (χ1v) is 6.64. The summed E-state index contributed by atoms with van der Waals surface area (Å²) in [6, 6.07) is 0.639. The Bertz CT molecular complexity index is 106. The third-order valence-corrected chi connectivity index (χ3v) is 2.81. The summed E-state index contributed by atoms with van der Waals surface area (Å²) in [7, 11) is 0. The number of hydrogen-bond acceptors (Lipinski definition) is 1. The average Bonchev–Trinajstić information content (AvgIpc) is 2.20. The molecule has 0 spiro atoms. The summed E-state index contributed by atoms with van der Waals surface area (Å²) in [4.78, 5) is 0. The summed E-state index contributed by atoms with van der Waals surface area (Å²) in [5.41, 5.74) is 0. The lowest BCUT2D eigenvalue weighted by atomic mass is 10.1. The molecule has 0 aliphatic carbocycles. The van der Waals surface area contributed by atoms with E-state index in [4.69, 9.17) is 11.6 Å². The molecule has 0 aliphatic heterocycles. The largest absolute Gasteiger partial charge is 0.314 e. The van der Waals surface area contributed by atoms with Crippen molar-refractivity contribution in [3.8, 4) is 0 Å². The highest BCUT2D eigenvalue weighted by molar-refractivity contribution is 6.17. The van der Waals surface area contributed by atoms with Gasteiger partial charge in [-0.1, -0.05) is 32.6 Å². The predicted octanol–water partition coefficient (Wildman–Crippen LogP) is 3.95. The highest BCUT2D eigenvalue weighted by Gasteiger charge is 1.99. The topological polar surface area (TPSA) is 12.0 Å². The second-order valence-electron chi connectivity index (χ2n) is 4.10. The van der Waals surface area contributed by atoms with E-state index < -0.39 is 0 Å². The van der Waals surface area contributed by atoms with Gasteiger partial charge in [-0.3, -0.25) is 0 Å². The molecule has 0 radical (unpaired) electrons. The zero-order chi connectivity index (χ0) is 10.6. The van der Waals surface area contributed by atoms with E-state index in [1.54, 1.807) is 0 Å². The normalized spacial score (nSPS) is 13.1. The van der Waals surface area contributed by atoms with Crippen molar-refractivity contribution in [3.63, 3.8) is 0 Å². The average molecular weight is 220 g/mol. The van der Waals surface area contributed by atoms with Crippen LogP contribution in [0.15, 0.2) is 0 Å². The minimum atomic E-state index is 0.639. The van der Waals surface area contributed by atoms with Gasteiger partial charge in [-0.05, 0) is 32.7 Å². The van der Waals surface area contributed by atoms with E-state index in [0.717, 1.165) is 12.3 Å². The van der Waals surface area contributed by atoms with E-state index in [0.29, 0.717) is 6.04 Å². The second-order valence-corrected chi connectivity index (χ2v) is 4.48. The van der Waals surface area contributed by atoms with Gasteiger partial charge >= 0.3 is 0 Å². The third kappa shape index (κ3) is 10.3. The molecule has 1 unspecified atom stereocenters. The molecule has 0 aromatic heterocycles. The summed E-state index contributed by atoms with van der Waals surface area (Å²) in [6.45, 7) is 5.68. The summed E-state index contributed by atoms with van der Waals surface area (Å²) >= 11 is 5.64. The highest BCUT2D eigenvalue weighted by atomic mass is 35.5. The zero-order valence-corrected chi connectivity index (χ0v) is 10.6. The molecular formula is C12H26ClN. The van der Waals surface area contributed by atoms with Gasteiger partial charge in [-0.15, -0.1) is 11.6 Å². The van der Waals surface area contributed by atoms with Crippen molar-refractivity contribution >= 4 is 11.6 Å². The maximum atomic E-state index is 5.64. The van der Waals surface area contributed by atoms with Crippen LogP contribution in [-0.2, 0) is 0 Å². The van der Waals surface area contributed by atoms with Crippen LogP contribution in [0.4, 0.5) is 0 Å². The Morgan fingerprint density at radius 1 is 1.07 bits per heavy atom. The molecule has 0 amide bonds. The fraction of sp³-hybridized carbons (Fsp3) is 1.00. The van der Waals surface area contributed by atoms with Gasteiger partial charge in [0.05, 0.1) is 0 Å². The monoisotopic (exact) mass is 219 g/mol. The Morgan fingerprint density at radius 3 is 2.43 bits per heavy atom. The van der Waals surface area contributed by atoms with Crippen molar-refractivity contribution in [1.82, 2.24) is 5.32 Å². The summed E-state index contributed by atoms with van der Waals surface area (Å²) in [5, 5.41) is 3.54. The van der Waals surface area contributed by atoms with Crippen LogP contribution in [0.25, 0.3) is 0 Å². The first-order valence-electron chi connectivity index (χ1n) is 6.10. The Kier molecular flexibility index (Phi) is 11.5. The van der Waals surface area contributed by atoms with E-state index >= 15 is 0 Å². The Balaban J connectivity index is 3.02. The molecule has 2 heteroatoms. The SMILES string of the molecule is CCCCCCCNC(C)CCCCl. The standard InChI is InChI=1S/C12H26ClN/c1-3-4-5-6-7-11-14-12(2)9-8-10-13/h12,14H,3-11H2,1-2H3. The van der Waals surface area contributed by atoms with Crippen molar-refractivity contribution < 1.29 is 0 Å². The maximum Gasteiger partial charge on any atom is 0.0224 e. The number of halogens is 1. The van der Waals surface area contributed by atoms with E-state index in [1.807, 2.05) is 0 Å². The summed E-state index contributed by atoms with van der Waals surface area (Å²) in [5.74, 6) is 0.794. The first-order chi connectivity index (χ1) is 6.81. The van der Waals surface area contributed by atoms with Crippen LogP contribution in [0, 0.1) is 0 Å². The zero-order valence-electron chi connectivity index (χ0n) is 9.82. The van der Waals surface area contributed by atoms with Crippen LogP contribution >= 0.6 is 11.6 Å². The van der Waals surface area contributed by atoms with Crippen molar-refractivity contribution in [1.29, 1.82) is 0 Å². The molecule has 1 atom stereocenters. The van der Waals surface area contributed by atoms with Gasteiger partial charge < -0.3 is 5.32 Å². The van der Waals surface area contributed by atoms with Crippen molar-refractivity contribution in [2.45, 2.75) is 64.8 Å². The van der Waals surface area contributed by atoms with E-state index in [9.17, 15) is 0 Å². The molecule has 0 bridgehead atoms. The molecule has 0 fully saturated rings. The number of hydrogen-bond donors (Lipinski definition) is 1. The van der Waals surface area contributed by atoms with Gasteiger partial charge in [0.2, 0.25) is 0 Å². The van der Waals surface area contributed by atoms with Crippen molar-refractivity contribution in [2.75, 3.05) is 12.4 Å². The molecule has 0 aromatic carbocycles. The highest BCUT2D eigenvalue weighted by Crippen LogP contribution is 2.02. The van der Waals surface area contributed by atoms with Crippen LogP contribution in [0.1, 0.15) is 58.8 Å². The fourth-order valence-electron chi connectivity index (χ4n) is 1.56. The van der Waals surface area contributed by atoms with Crippen LogP contribution in [0.5, 0.6) is 0 Å². The lowest BCUT2D eigenvalue weighted by Gasteiger charge is -2.12. The van der Waals surface area contributed by atoms with Gasteiger partial charge in [-0.2, -0.15) is 0 Å². The quantitative estimate of drug-likeness (QED) is 0.433. The minimum absolute atomic E-state index is 0.639. The molecule has 0 heterocycles. The fourth-order valence-corrected chi connectivity index (χ4v) is 1.72. The van der Waals surface area contributed by atoms with Crippen LogP contribution in [-0.4, -0.2) is 18.5 Å². The van der Waals surface area contributed by atoms with Crippen LogP contribution in [0.2, 0.25) is 0 Å². The lowest BCUT2D eigenvalue weighted by molar-refractivity contribution is 0.489. The molecule has 1 N–H and O–H groups in total. The molecule has 0 rings (SSSR count). The predicted molar refractivity (Wildman–Crippen MR) is 66.2 cm³/mol.